The SMILES string of the molecule is Cc1cn2nc(C(=O)NCc3ccc(N4CCCC4=O)cc3)cc2c(=O)[nH]1. The van der Waals surface area contributed by atoms with Gasteiger partial charge in [0.1, 0.15) is 5.52 Å². The van der Waals surface area contributed by atoms with Crippen LogP contribution in [0.15, 0.2) is 41.3 Å². The molecule has 0 radical (unpaired) electrons. The Labute approximate surface area is 154 Å². The summed E-state index contributed by atoms with van der Waals surface area (Å²) in [7, 11) is 0. The number of anilines is 1. The number of rotatable bonds is 4. The zero-order valence-corrected chi connectivity index (χ0v) is 14.9. The van der Waals surface area contributed by atoms with Crippen molar-refractivity contribution in [2.45, 2.75) is 26.3 Å². The van der Waals surface area contributed by atoms with Gasteiger partial charge in [0.05, 0.1) is 0 Å². The summed E-state index contributed by atoms with van der Waals surface area (Å²) in [4.78, 5) is 40.5. The number of hydrogen-bond acceptors (Lipinski definition) is 4. The molecule has 0 spiro atoms. The molecule has 1 aliphatic rings. The summed E-state index contributed by atoms with van der Waals surface area (Å²) in [6.07, 6.45) is 3.14. The molecule has 0 unspecified atom stereocenters. The fraction of sp³-hybridized carbons (Fsp3) is 0.263. The lowest BCUT2D eigenvalue weighted by molar-refractivity contribution is -0.117. The normalized spacial score (nSPS) is 14.1. The molecule has 3 aromatic rings. The molecule has 2 aromatic heterocycles. The summed E-state index contributed by atoms with van der Waals surface area (Å²) < 4.78 is 1.41. The first-order valence-corrected chi connectivity index (χ1v) is 8.78. The molecule has 1 aromatic carbocycles. The maximum Gasteiger partial charge on any atom is 0.274 e. The molecule has 1 saturated heterocycles. The van der Waals surface area contributed by atoms with Gasteiger partial charge < -0.3 is 15.2 Å². The highest BCUT2D eigenvalue weighted by atomic mass is 16.2. The number of benzene rings is 1. The van der Waals surface area contributed by atoms with Gasteiger partial charge in [0.25, 0.3) is 11.5 Å². The number of carbonyl (C=O) groups excluding carboxylic acids is 2. The van der Waals surface area contributed by atoms with Gasteiger partial charge in [-0.25, -0.2) is 4.52 Å². The Bertz CT molecular complexity index is 1080. The minimum Gasteiger partial charge on any atom is -0.347 e. The Morgan fingerprint density at radius 3 is 2.74 bits per heavy atom. The van der Waals surface area contributed by atoms with Gasteiger partial charge in [0.2, 0.25) is 5.91 Å². The molecule has 8 heteroatoms. The highest BCUT2D eigenvalue weighted by Gasteiger charge is 2.21. The zero-order valence-electron chi connectivity index (χ0n) is 14.9. The lowest BCUT2D eigenvalue weighted by Gasteiger charge is -2.16. The van der Waals surface area contributed by atoms with E-state index in [1.165, 1.54) is 10.6 Å². The van der Waals surface area contributed by atoms with Gasteiger partial charge in [0, 0.05) is 43.2 Å². The van der Waals surface area contributed by atoms with E-state index in [-0.39, 0.29) is 23.1 Å². The number of hydrogen-bond donors (Lipinski definition) is 2. The van der Waals surface area contributed by atoms with Crippen LogP contribution in [-0.2, 0) is 11.3 Å². The summed E-state index contributed by atoms with van der Waals surface area (Å²) >= 11 is 0. The number of H-pyrrole nitrogens is 1. The topological polar surface area (TPSA) is 99.6 Å². The summed E-state index contributed by atoms with van der Waals surface area (Å²) in [5.41, 5.74) is 2.68. The predicted molar refractivity (Wildman–Crippen MR) is 99.7 cm³/mol. The van der Waals surface area contributed by atoms with Crippen molar-refractivity contribution in [3.05, 3.63) is 63.8 Å². The van der Waals surface area contributed by atoms with Crippen molar-refractivity contribution in [2.24, 2.45) is 0 Å². The van der Waals surface area contributed by atoms with Crippen LogP contribution in [0.1, 0.15) is 34.6 Å². The van der Waals surface area contributed by atoms with Crippen LogP contribution in [0.25, 0.3) is 5.52 Å². The number of nitrogens with zero attached hydrogens (tertiary/aromatic N) is 3. The molecule has 27 heavy (non-hydrogen) atoms. The van der Waals surface area contributed by atoms with E-state index in [1.54, 1.807) is 18.0 Å². The van der Waals surface area contributed by atoms with Gasteiger partial charge in [-0.05, 0) is 31.0 Å². The molecule has 2 amide bonds. The van der Waals surface area contributed by atoms with Crippen molar-refractivity contribution in [3.63, 3.8) is 0 Å². The van der Waals surface area contributed by atoms with E-state index in [1.807, 2.05) is 24.3 Å². The van der Waals surface area contributed by atoms with E-state index in [9.17, 15) is 14.4 Å². The molecular weight excluding hydrogens is 346 g/mol. The fourth-order valence-electron chi connectivity index (χ4n) is 3.22. The third-order valence-corrected chi connectivity index (χ3v) is 4.60. The molecule has 3 heterocycles. The second kappa shape index (κ2) is 6.71. The first-order valence-electron chi connectivity index (χ1n) is 8.78. The lowest BCUT2D eigenvalue weighted by Crippen LogP contribution is -2.24. The van der Waals surface area contributed by atoms with Crippen molar-refractivity contribution >= 4 is 23.0 Å². The maximum atomic E-state index is 12.4. The van der Waals surface area contributed by atoms with Crippen LogP contribution in [-0.4, -0.2) is 33.0 Å². The zero-order chi connectivity index (χ0) is 19.0. The Balaban J connectivity index is 1.44. The molecular formula is C19H19N5O3. The molecule has 0 saturated carbocycles. The van der Waals surface area contributed by atoms with Crippen LogP contribution in [0.5, 0.6) is 0 Å². The predicted octanol–water partition coefficient (Wildman–Crippen LogP) is 1.39. The second-order valence-corrected chi connectivity index (χ2v) is 6.62. The van der Waals surface area contributed by atoms with Gasteiger partial charge in [-0.2, -0.15) is 5.10 Å². The quantitative estimate of drug-likeness (QED) is 0.730. The molecule has 1 aliphatic heterocycles. The van der Waals surface area contributed by atoms with Crippen molar-refractivity contribution in [2.75, 3.05) is 11.4 Å². The Morgan fingerprint density at radius 2 is 2.04 bits per heavy atom. The maximum absolute atomic E-state index is 12.4. The van der Waals surface area contributed by atoms with Crippen LogP contribution in [0.3, 0.4) is 0 Å². The van der Waals surface area contributed by atoms with E-state index in [0.717, 1.165) is 24.2 Å². The monoisotopic (exact) mass is 365 g/mol. The van der Waals surface area contributed by atoms with E-state index in [2.05, 4.69) is 15.4 Å². The molecule has 0 atom stereocenters. The lowest BCUT2D eigenvalue weighted by atomic mass is 10.2. The number of aryl methyl sites for hydroxylation is 1. The standard InChI is InChI=1S/C19H19N5O3/c1-12-11-24-16(19(27)21-12)9-15(22-24)18(26)20-10-13-4-6-14(7-5-13)23-8-2-3-17(23)25/h4-7,9,11H,2-3,8,10H2,1H3,(H,20,26)(H,21,27). The molecule has 0 aliphatic carbocycles. The van der Waals surface area contributed by atoms with Gasteiger partial charge in [-0.1, -0.05) is 12.1 Å². The smallest absolute Gasteiger partial charge is 0.274 e. The number of carbonyl (C=O) groups is 2. The van der Waals surface area contributed by atoms with Gasteiger partial charge in [0.15, 0.2) is 5.69 Å². The average molecular weight is 365 g/mol. The Hall–Kier alpha value is -3.42. The van der Waals surface area contributed by atoms with Crippen molar-refractivity contribution in [3.8, 4) is 0 Å². The van der Waals surface area contributed by atoms with Gasteiger partial charge in [-0.15, -0.1) is 0 Å². The van der Waals surface area contributed by atoms with E-state index >= 15 is 0 Å². The Kier molecular flexibility index (Phi) is 4.23. The molecule has 2 N–H and O–H groups in total. The van der Waals surface area contributed by atoms with Crippen LogP contribution in [0.2, 0.25) is 0 Å². The minimum atomic E-state index is -0.352. The summed E-state index contributed by atoms with van der Waals surface area (Å²) in [5.74, 6) is -0.206. The van der Waals surface area contributed by atoms with E-state index in [0.29, 0.717) is 24.2 Å². The molecule has 138 valence electrons. The van der Waals surface area contributed by atoms with Crippen LogP contribution in [0.4, 0.5) is 5.69 Å². The van der Waals surface area contributed by atoms with E-state index in [4.69, 9.17) is 0 Å². The first-order chi connectivity index (χ1) is 13.0. The number of aromatic nitrogens is 3. The minimum absolute atomic E-state index is 0.146. The van der Waals surface area contributed by atoms with Crippen molar-refractivity contribution in [1.29, 1.82) is 0 Å². The number of fused-ring (bicyclic) bond motifs is 1. The van der Waals surface area contributed by atoms with Crippen molar-refractivity contribution in [1.82, 2.24) is 19.9 Å². The third kappa shape index (κ3) is 3.33. The third-order valence-electron chi connectivity index (χ3n) is 4.60. The van der Waals surface area contributed by atoms with Crippen LogP contribution >= 0.6 is 0 Å². The highest BCUT2D eigenvalue weighted by Crippen LogP contribution is 2.21. The largest absolute Gasteiger partial charge is 0.347 e. The fourth-order valence-corrected chi connectivity index (χ4v) is 3.22. The van der Waals surface area contributed by atoms with Gasteiger partial charge in [-0.3, -0.25) is 14.4 Å². The average Bonchev–Trinajstić information content (AvgIpc) is 3.26. The second-order valence-electron chi connectivity index (χ2n) is 6.62. The highest BCUT2D eigenvalue weighted by molar-refractivity contribution is 5.95. The van der Waals surface area contributed by atoms with Crippen molar-refractivity contribution < 1.29 is 9.59 Å². The summed E-state index contributed by atoms with van der Waals surface area (Å²) in [6.45, 7) is 2.83. The summed E-state index contributed by atoms with van der Waals surface area (Å²) in [5, 5.41) is 6.96. The molecule has 8 nitrogen and oxygen atoms in total. The van der Waals surface area contributed by atoms with Gasteiger partial charge >= 0.3 is 0 Å². The molecule has 0 bridgehead atoms. The Morgan fingerprint density at radius 1 is 1.26 bits per heavy atom. The number of nitrogens with one attached hydrogen (secondary N) is 2. The molecule has 4 rings (SSSR count). The van der Waals surface area contributed by atoms with E-state index < -0.39 is 0 Å². The summed E-state index contributed by atoms with van der Waals surface area (Å²) in [6, 6.07) is 9.02. The molecule has 1 fully saturated rings. The van der Waals surface area contributed by atoms with Crippen LogP contribution < -0.4 is 15.8 Å². The first kappa shape index (κ1) is 17.0. The van der Waals surface area contributed by atoms with Crippen LogP contribution in [0, 0.1) is 6.92 Å². The number of aromatic amines is 1. The number of amides is 2.